The average molecular weight is 487 g/mol. The number of rotatable bonds is 9. The fourth-order valence-corrected chi connectivity index (χ4v) is 5.12. The van der Waals surface area contributed by atoms with E-state index in [1.807, 2.05) is 24.3 Å². The van der Waals surface area contributed by atoms with Gasteiger partial charge in [-0.2, -0.15) is 5.10 Å². The molecule has 11 heteroatoms. The molecule has 1 aromatic carbocycles. The van der Waals surface area contributed by atoms with Crippen molar-refractivity contribution in [3.63, 3.8) is 0 Å². The smallest absolute Gasteiger partial charge is 0.413 e. The van der Waals surface area contributed by atoms with Gasteiger partial charge >= 0.3 is 7.75 Å². The third kappa shape index (κ3) is 5.47. The highest BCUT2D eigenvalue weighted by Gasteiger charge is 2.33. The Morgan fingerprint density at radius 2 is 2.00 bits per heavy atom. The van der Waals surface area contributed by atoms with Crippen LogP contribution in [0.15, 0.2) is 42.7 Å². The van der Waals surface area contributed by atoms with Crippen LogP contribution in [0.5, 0.6) is 5.75 Å². The van der Waals surface area contributed by atoms with Crippen molar-refractivity contribution in [2.45, 2.75) is 51.2 Å². The van der Waals surface area contributed by atoms with Crippen LogP contribution in [-0.2, 0) is 24.0 Å². The van der Waals surface area contributed by atoms with Crippen molar-refractivity contribution in [1.29, 1.82) is 0 Å². The predicted octanol–water partition coefficient (Wildman–Crippen LogP) is 3.82. The summed E-state index contributed by atoms with van der Waals surface area (Å²) in [4.78, 5) is 14.9. The molecule has 182 valence electrons. The van der Waals surface area contributed by atoms with Crippen LogP contribution < -0.4 is 15.3 Å². The van der Waals surface area contributed by atoms with Crippen LogP contribution in [0.2, 0.25) is 0 Å². The minimum absolute atomic E-state index is 0.0199. The van der Waals surface area contributed by atoms with Gasteiger partial charge in [0.25, 0.3) is 0 Å². The molecule has 0 spiro atoms. The summed E-state index contributed by atoms with van der Waals surface area (Å²) < 4.78 is 32.5. The second kappa shape index (κ2) is 9.84. The van der Waals surface area contributed by atoms with E-state index in [9.17, 15) is 9.36 Å². The number of aldehydes is 1. The number of aromatic nitrogens is 3. The van der Waals surface area contributed by atoms with Gasteiger partial charge in [0, 0.05) is 0 Å². The van der Waals surface area contributed by atoms with Gasteiger partial charge in [0.05, 0.1) is 24.9 Å². The van der Waals surface area contributed by atoms with E-state index in [4.69, 9.17) is 19.5 Å². The lowest BCUT2D eigenvalue weighted by molar-refractivity contribution is -0.107. The fourth-order valence-electron chi connectivity index (χ4n) is 3.85. The Morgan fingerprint density at radius 3 is 2.71 bits per heavy atom. The van der Waals surface area contributed by atoms with Crippen molar-refractivity contribution in [2.24, 2.45) is 0 Å². The summed E-state index contributed by atoms with van der Waals surface area (Å²) in [6.07, 6.45) is 2.95. The van der Waals surface area contributed by atoms with E-state index in [1.165, 1.54) is 6.33 Å². The van der Waals surface area contributed by atoms with E-state index in [0.29, 0.717) is 29.8 Å². The maximum absolute atomic E-state index is 13.3. The first-order valence-electron chi connectivity index (χ1n) is 11.2. The lowest BCUT2D eigenvalue weighted by Crippen LogP contribution is -2.23. The summed E-state index contributed by atoms with van der Waals surface area (Å²) in [7, 11) is -3.80. The third-order valence-electron chi connectivity index (χ3n) is 5.69. The van der Waals surface area contributed by atoms with E-state index < -0.39 is 7.75 Å². The molecule has 0 bridgehead atoms. The molecule has 3 atom stereocenters. The number of fused-ring (bicyclic) bond motifs is 1. The van der Waals surface area contributed by atoms with Crippen LogP contribution in [0.3, 0.4) is 0 Å². The second-order valence-corrected chi connectivity index (χ2v) is 11.0. The van der Waals surface area contributed by atoms with E-state index in [2.05, 4.69) is 35.9 Å². The molecule has 2 aromatic heterocycles. The molecular weight excluding hydrogens is 457 g/mol. The lowest BCUT2D eigenvalue weighted by Gasteiger charge is -2.22. The van der Waals surface area contributed by atoms with Gasteiger partial charge in [-0.25, -0.2) is 19.2 Å². The normalized spacial score (nSPS) is 20.3. The molecule has 0 aliphatic carbocycles. The lowest BCUT2D eigenvalue weighted by atomic mass is 9.87. The van der Waals surface area contributed by atoms with Gasteiger partial charge in [0.1, 0.15) is 30.0 Å². The molecule has 0 amide bonds. The first kappa shape index (κ1) is 24.3. The molecule has 34 heavy (non-hydrogen) atoms. The van der Waals surface area contributed by atoms with Gasteiger partial charge in [0.15, 0.2) is 5.82 Å². The molecule has 1 saturated heterocycles. The summed E-state index contributed by atoms with van der Waals surface area (Å²) in [5.74, 6) is 0.783. The highest BCUT2D eigenvalue weighted by Crippen LogP contribution is 2.45. The average Bonchev–Trinajstić information content (AvgIpc) is 3.44. The van der Waals surface area contributed by atoms with E-state index in [-0.39, 0.29) is 30.8 Å². The first-order chi connectivity index (χ1) is 16.2. The molecule has 1 aliphatic rings. The van der Waals surface area contributed by atoms with Crippen molar-refractivity contribution >= 4 is 25.4 Å². The maximum atomic E-state index is 13.3. The molecule has 1 fully saturated rings. The van der Waals surface area contributed by atoms with Crippen molar-refractivity contribution < 1.29 is 23.1 Å². The Bertz CT molecular complexity index is 1190. The number of hydrogen-bond acceptors (Lipinski definition) is 8. The van der Waals surface area contributed by atoms with Crippen LogP contribution in [-0.4, -0.2) is 40.1 Å². The van der Waals surface area contributed by atoms with Crippen LogP contribution in [0.25, 0.3) is 5.52 Å². The van der Waals surface area contributed by atoms with Crippen LogP contribution in [0, 0.1) is 0 Å². The molecule has 0 radical (unpaired) electrons. The van der Waals surface area contributed by atoms with Gasteiger partial charge in [-0.15, -0.1) is 0 Å². The number of hydrogen-bond donors (Lipinski definition) is 2. The number of nitrogen functional groups attached to an aromatic ring is 1. The van der Waals surface area contributed by atoms with Gasteiger partial charge in [-0.05, 0) is 48.1 Å². The second-order valence-electron chi connectivity index (χ2n) is 9.21. The summed E-state index contributed by atoms with van der Waals surface area (Å²) in [5.41, 5.74) is 8.59. The quantitative estimate of drug-likeness (QED) is 0.342. The highest BCUT2D eigenvalue weighted by molar-refractivity contribution is 7.52. The van der Waals surface area contributed by atoms with Gasteiger partial charge in [0.2, 0.25) is 0 Å². The van der Waals surface area contributed by atoms with Crippen LogP contribution in [0.1, 0.15) is 51.0 Å². The topological polar surface area (TPSA) is 130 Å². The zero-order valence-corrected chi connectivity index (χ0v) is 20.4. The number of anilines is 1. The van der Waals surface area contributed by atoms with Crippen molar-refractivity contribution in [1.82, 2.24) is 19.7 Å². The minimum Gasteiger partial charge on any atom is -0.413 e. The van der Waals surface area contributed by atoms with E-state index >= 15 is 0 Å². The van der Waals surface area contributed by atoms with Crippen LogP contribution in [0.4, 0.5) is 5.82 Å². The maximum Gasteiger partial charge on any atom is 0.459 e. The Morgan fingerprint density at radius 1 is 1.24 bits per heavy atom. The van der Waals surface area contributed by atoms with Gasteiger partial charge in [-0.1, -0.05) is 32.9 Å². The molecule has 4 rings (SSSR count). The van der Waals surface area contributed by atoms with E-state index in [1.54, 1.807) is 16.6 Å². The zero-order chi connectivity index (χ0) is 24.3. The van der Waals surface area contributed by atoms with Crippen molar-refractivity contribution in [3.05, 3.63) is 54.0 Å². The highest BCUT2D eigenvalue weighted by atomic mass is 31.2. The predicted molar refractivity (Wildman–Crippen MR) is 128 cm³/mol. The Kier molecular flexibility index (Phi) is 7.04. The van der Waals surface area contributed by atoms with Crippen molar-refractivity contribution in [3.8, 4) is 5.75 Å². The zero-order valence-electron chi connectivity index (χ0n) is 19.5. The Hall–Kier alpha value is -2.78. The molecule has 1 aliphatic heterocycles. The Labute approximate surface area is 198 Å². The molecule has 3 unspecified atom stereocenters. The Balaban J connectivity index is 1.40. The SMILES string of the molecule is CC(C)(C)c1ccc(OP(=O)(NCC=O)OCC2CCC(c3ccc4c(N)ncnn34)O2)cc1. The summed E-state index contributed by atoms with van der Waals surface area (Å²) >= 11 is 0. The molecule has 10 nitrogen and oxygen atoms in total. The fraction of sp³-hybridized carbons (Fsp3) is 0.435. The van der Waals surface area contributed by atoms with Gasteiger partial charge < -0.3 is 19.8 Å². The number of carbonyl (C=O) groups excluding carboxylic acids is 1. The van der Waals surface area contributed by atoms with Gasteiger partial charge in [-0.3, -0.25) is 4.52 Å². The molecule has 0 saturated carbocycles. The monoisotopic (exact) mass is 487 g/mol. The molecule has 3 heterocycles. The number of benzene rings is 1. The molecular formula is C23H30N5O5P. The first-order valence-corrected chi connectivity index (χ1v) is 12.7. The molecule has 3 aromatic rings. The minimum atomic E-state index is -3.80. The number of nitrogens with one attached hydrogen (secondary N) is 1. The summed E-state index contributed by atoms with van der Waals surface area (Å²) in [5, 5.41) is 6.85. The standard InChI is InChI=1S/C23H30N5O5P/c1-23(2,3)16-4-6-17(7-5-16)33-34(30,27-12-13-29)31-14-18-8-11-21(32-18)19-9-10-20-22(24)25-15-26-28(19)20/h4-7,9-10,13,15,18,21H,8,11-12,14H2,1-3H3,(H,27,30)(H2,24,25,26). The van der Waals surface area contributed by atoms with Crippen molar-refractivity contribution in [2.75, 3.05) is 18.9 Å². The van der Waals surface area contributed by atoms with Crippen LogP contribution >= 0.6 is 7.75 Å². The number of ether oxygens (including phenoxy) is 1. The number of carbonyl (C=O) groups is 1. The number of nitrogens with two attached hydrogens (primary N) is 1. The largest absolute Gasteiger partial charge is 0.459 e. The number of nitrogens with zero attached hydrogens (tertiary/aromatic N) is 3. The summed E-state index contributed by atoms with van der Waals surface area (Å²) in [6, 6.07) is 11.1. The molecule has 3 N–H and O–H groups in total. The third-order valence-corrected chi connectivity index (χ3v) is 7.20. The summed E-state index contributed by atoms with van der Waals surface area (Å²) in [6.45, 7) is 6.20. The van der Waals surface area contributed by atoms with E-state index in [0.717, 1.165) is 17.7 Å².